The van der Waals surface area contributed by atoms with Gasteiger partial charge in [-0.15, -0.1) is 0 Å². The lowest BCUT2D eigenvalue weighted by Gasteiger charge is -2.10. The second kappa shape index (κ2) is 9.28. The molecule has 4 rings (SSSR count). The number of ketones is 1. The molecule has 0 fully saturated rings. The van der Waals surface area contributed by atoms with Gasteiger partial charge < -0.3 is 9.30 Å². The molecule has 3 heterocycles. The summed E-state index contributed by atoms with van der Waals surface area (Å²) in [6, 6.07) is 13.1. The second-order valence-corrected chi connectivity index (χ2v) is 9.46. The Kier molecular flexibility index (Phi) is 6.37. The number of aryl methyl sites for hydroxylation is 1. The maximum atomic E-state index is 12.9. The van der Waals surface area contributed by atoms with Crippen LogP contribution in [0.4, 0.5) is 0 Å². The predicted octanol–water partition coefficient (Wildman–Crippen LogP) is 2.67. The third-order valence-corrected chi connectivity index (χ3v) is 6.51. The van der Waals surface area contributed by atoms with Crippen molar-refractivity contribution in [2.24, 2.45) is 5.14 Å². The Balaban J connectivity index is 1.50. The smallest absolute Gasteiger partial charge is 0.342 e. The minimum absolute atomic E-state index is 0.00594. The number of esters is 1. The van der Waals surface area contributed by atoms with Crippen LogP contribution >= 0.6 is 0 Å². The molecule has 0 radical (unpaired) electrons. The number of carbonyl (C=O) groups is 2. The quantitative estimate of drug-likeness (QED) is 0.308. The Morgan fingerprint density at radius 3 is 2.34 bits per heavy atom. The standard InChI is InChI=1S/C24H23N5O5S/c1-15-12-20(16(2)28(15)18-7-9-19(10-8-18)35(25,32)33)22(30)14-34-24(31)21-13-27-29(17(21)3)23-6-4-5-11-26-23/h4-13H,14H2,1-3H3,(H2,25,32,33). The fourth-order valence-electron chi connectivity index (χ4n) is 3.83. The first-order valence-corrected chi connectivity index (χ1v) is 12.1. The van der Waals surface area contributed by atoms with Crippen molar-refractivity contribution in [2.75, 3.05) is 6.61 Å². The average molecular weight is 494 g/mol. The van der Waals surface area contributed by atoms with Crippen LogP contribution in [0.25, 0.3) is 11.5 Å². The first-order valence-electron chi connectivity index (χ1n) is 10.6. The number of primary sulfonamides is 1. The minimum atomic E-state index is -3.81. The number of Topliss-reactive ketones (excluding diaryl/α,β-unsaturated/α-hetero) is 1. The summed E-state index contributed by atoms with van der Waals surface area (Å²) in [4.78, 5) is 29.7. The molecular formula is C24H23N5O5S. The normalized spacial score (nSPS) is 11.4. The van der Waals surface area contributed by atoms with E-state index in [1.807, 2.05) is 17.6 Å². The van der Waals surface area contributed by atoms with E-state index in [-0.39, 0.29) is 16.2 Å². The number of sulfonamides is 1. The zero-order valence-corrected chi connectivity index (χ0v) is 20.1. The van der Waals surface area contributed by atoms with Crippen LogP contribution in [-0.4, -0.2) is 46.1 Å². The third-order valence-electron chi connectivity index (χ3n) is 5.59. The molecule has 11 heteroatoms. The number of ether oxygens (including phenoxy) is 1. The number of hydrogen-bond acceptors (Lipinski definition) is 7. The van der Waals surface area contributed by atoms with Crippen LogP contribution in [0.2, 0.25) is 0 Å². The molecular weight excluding hydrogens is 470 g/mol. The summed E-state index contributed by atoms with van der Waals surface area (Å²) in [5, 5.41) is 9.36. The first-order chi connectivity index (χ1) is 16.6. The Labute approximate surface area is 202 Å². The van der Waals surface area contributed by atoms with E-state index in [0.29, 0.717) is 28.5 Å². The van der Waals surface area contributed by atoms with Crippen LogP contribution in [0.15, 0.2) is 65.8 Å². The molecule has 35 heavy (non-hydrogen) atoms. The number of carbonyl (C=O) groups excluding carboxylic acids is 2. The molecule has 180 valence electrons. The maximum Gasteiger partial charge on any atom is 0.342 e. The molecule has 2 N–H and O–H groups in total. The van der Waals surface area contributed by atoms with Gasteiger partial charge in [-0.2, -0.15) is 5.10 Å². The van der Waals surface area contributed by atoms with Gasteiger partial charge in [0.2, 0.25) is 15.8 Å². The Morgan fingerprint density at radius 1 is 1.00 bits per heavy atom. The highest BCUT2D eigenvalue weighted by molar-refractivity contribution is 7.89. The lowest BCUT2D eigenvalue weighted by molar-refractivity contribution is 0.0473. The van der Waals surface area contributed by atoms with Gasteiger partial charge in [0, 0.05) is 28.8 Å². The van der Waals surface area contributed by atoms with Gasteiger partial charge in [0.1, 0.15) is 5.56 Å². The van der Waals surface area contributed by atoms with E-state index >= 15 is 0 Å². The van der Waals surface area contributed by atoms with Crippen LogP contribution in [0, 0.1) is 20.8 Å². The molecule has 0 saturated carbocycles. The molecule has 0 aliphatic heterocycles. The third kappa shape index (κ3) is 4.77. The number of aromatic nitrogens is 4. The fourth-order valence-corrected chi connectivity index (χ4v) is 4.35. The molecule has 0 unspecified atom stereocenters. The lowest BCUT2D eigenvalue weighted by Crippen LogP contribution is -2.15. The van der Waals surface area contributed by atoms with Crippen molar-refractivity contribution in [2.45, 2.75) is 25.7 Å². The van der Waals surface area contributed by atoms with Crippen molar-refractivity contribution in [3.8, 4) is 11.5 Å². The van der Waals surface area contributed by atoms with Gasteiger partial charge in [0.15, 0.2) is 12.4 Å². The van der Waals surface area contributed by atoms with Crippen LogP contribution < -0.4 is 5.14 Å². The Morgan fingerprint density at radius 2 is 1.71 bits per heavy atom. The lowest BCUT2D eigenvalue weighted by atomic mass is 10.1. The first kappa shape index (κ1) is 24.0. The zero-order valence-electron chi connectivity index (χ0n) is 19.3. The van der Waals surface area contributed by atoms with E-state index in [9.17, 15) is 18.0 Å². The van der Waals surface area contributed by atoms with E-state index in [0.717, 1.165) is 5.69 Å². The Hall–Kier alpha value is -4.09. The van der Waals surface area contributed by atoms with Gasteiger partial charge in [-0.05, 0) is 63.2 Å². The number of rotatable bonds is 7. The molecule has 10 nitrogen and oxygen atoms in total. The summed E-state index contributed by atoms with van der Waals surface area (Å²) in [5.74, 6) is -0.469. The van der Waals surface area contributed by atoms with Crippen LogP contribution in [0.3, 0.4) is 0 Å². The molecule has 1 aromatic carbocycles. The molecule has 0 atom stereocenters. The number of nitrogens with zero attached hydrogens (tertiary/aromatic N) is 4. The number of benzene rings is 1. The number of pyridine rings is 1. The van der Waals surface area contributed by atoms with Gasteiger partial charge in [0.25, 0.3) is 0 Å². The molecule has 0 amide bonds. The molecule has 3 aromatic heterocycles. The van der Waals surface area contributed by atoms with E-state index < -0.39 is 22.6 Å². The van der Waals surface area contributed by atoms with Gasteiger partial charge >= 0.3 is 5.97 Å². The second-order valence-electron chi connectivity index (χ2n) is 7.90. The summed E-state index contributed by atoms with van der Waals surface area (Å²) >= 11 is 0. The summed E-state index contributed by atoms with van der Waals surface area (Å²) < 4.78 is 31.6. The molecule has 0 bridgehead atoms. The summed E-state index contributed by atoms with van der Waals surface area (Å²) in [6.07, 6.45) is 3.01. The van der Waals surface area contributed by atoms with E-state index in [4.69, 9.17) is 9.88 Å². The molecule has 4 aromatic rings. The van der Waals surface area contributed by atoms with E-state index in [2.05, 4.69) is 10.1 Å². The van der Waals surface area contributed by atoms with Crippen molar-refractivity contribution < 1.29 is 22.7 Å². The molecule has 0 saturated heterocycles. The highest BCUT2D eigenvalue weighted by atomic mass is 32.2. The summed E-state index contributed by atoms with van der Waals surface area (Å²) in [7, 11) is -3.81. The topological polar surface area (TPSA) is 139 Å². The molecule has 0 aliphatic carbocycles. The van der Waals surface area contributed by atoms with Crippen molar-refractivity contribution in [1.82, 2.24) is 19.3 Å². The van der Waals surface area contributed by atoms with Crippen LogP contribution in [-0.2, 0) is 14.8 Å². The largest absolute Gasteiger partial charge is 0.454 e. The van der Waals surface area contributed by atoms with Crippen molar-refractivity contribution in [3.05, 3.63) is 89.1 Å². The van der Waals surface area contributed by atoms with Gasteiger partial charge in [-0.1, -0.05) is 6.07 Å². The summed E-state index contributed by atoms with van der Waals surface area (Å²) in [6.45, 7) is 4.85. The van der Waals surface area contributed by atoms with E-state index in [1.54, 1.807) is 50.4 Å². The van der Waals surface area contributed by atoms with Gasteiger partial charge in [-0.3, -0.25) is 4.79 Å². The molecule has 0 spiro atoms. The SMILES string of the molecule is Cc1c(C(=O)OCC(=O)c2cc(C)n(-c3ccc(S(N)(=O)=O)cc3)c2C)cnn1-c1ccccn1. The van der Waals surface area contributed by atoms with Crippen LogP contribution in [0.5, 0.6) is 0 Å². The van der Waals surface area contributed by atoms with Gasteiger partial charge in [0.05, 0.1) is 16.8 Å². The monoisotopic (exact) mass is 493 g/mol. The fraction of sp³-hybridized carbons (Fsp3) is 0.167. The average Bonchev–Trinajstić information content (AvgIpc) is 3.36. The zero-order chi connectivity index (χ0) is 25.3. The van der Waals surface area contributed by atoms with Crippen LogP contribution in [0.1, 0.15) is 37.8 Å². The van der Waals surface area contributed by atoms with Crippen molar-refractivity contribution in [3.63, 3.8) is 0 Å². The number of nitrogens with two attached hydrogens (primary N) is 1. The van der Waals surface area contributed by atoms with E-state index in [1.165, 1.54) is 23.0 Å². The number of hydrogen-bond donors (Lipinski definition) is 1. The minimum Gasteiger partial charge on any atom is -0.454 e. The highest BCUT2D eigenvalue weighted by Crippen LogP contribution is 2.23. The summed E-state index contributed by atoms with van der Waals surface area (Å²) in [5.41, 5.74) is 3.23. The maximum absolute atomic E-state index is 12.9. The van der Waals surface area contributed by atoms with Gasteiger partial charge in [-0.25, -0.2) is 28.0 Å². The predicted molar refractivity (Wildman–Crippen MR) is 127 cm³/mol. The molecule has 0 aliphatic rings. The van der Waals surface area contributed by atoms with Crippen molar-refractivity contribution >= 4 is 21.8 Å². The van der Waals surface area contributed by atoms with Crippen molar-refractivity contribution in [1.29, 1.82) is 0 Å². The highest BCUT2D eigenvalue weighted by Gasteiger charge is 2.21. The Bertz CT molecular complexity index is 1520.